The van der Waals surface area contributed by atoms with Gasteiger partial charge in [0.05, 0.1) is 25.4 Å². The summed E-state index contributed by atoms with van der Waals surface area (Å²) in [6.45, 7) is 7.34. The molecule has 0 aliphatic rings. The fourth-order valence-corrected chi connectivity index (χ4v) is 3.44. The second kappa shape index (κ2) is 10.0. The van der Waals surface area contributed by atoms with E-state index < -0.39 is 13.6 Å². The fraction of sp³-hybridized carbons (Fsp3) is 0.667. The monoisotopic (exact) mass is 355 g/mol. The van der Waals surface area contributed by atoms with Gasteiger partial charge in [0, 0.05) is 8.07 Å². The van der Waals surface area contributed by atoms with Crippen LogP contribution in [0.4, 0.5) is 0 Å². The van der Waals surface area contributed by atoms with Crippen molar-refractivity contribution in [1.82, 2.24) is 0 Å². The van der Waals surface area contributed by atoms with Gasteiger partial charge in [-0.1, -0.05) is 38.5 Å². The number of nitrogens with two attached hydrogens (primary N) is 1. The lowest BCUT2D eigenvalue weighted by Crippen LogP contribution is -2.52. The first-order chi connectivity index (χ1) is 11.3. The predicted octanol–water partition coefficient (Wildman–Crippen LogP) is 2.63. The van der Waals surface area contributed by atoms with Crippen molar-refractivity contribution in [2.75, 3.05) is 26.4 Å². The van der Waals surface area contributed by atoms with Crippen molar-refractivity contribution in [3.05, 3.63) is 24.3 Å². The summed E-state index contributed by atoms with van der Waals surface area (Å²) in [5.41, 5.74) is 4.64. The largest absolute Gasteiger partial charge is 0.494 e. The van der Waals surface area contributed by atoms with Gasteiger partial charge in [0.15, 0.2) is 0 Å². The highest BCUT2D eigenvalue weighted by Crippen LogP contribution is 2.19. The summed E-state index contributed by atoms with van der Waals surface area (Å²) in [6.07, 6.45) is 3.58. The van der Waals surface area contributed by atoms with E-state index in [1.165, 1.54) is 18.9 Å². The van der Waals surface area contributed by atoms with Crippen molar-refractivity contribution in [3.63, 3.8) is 0 Å². The summed E-state index contributed by atoms with van der Waals surface area (Å²) in [5.74, 6) is 1.45. The topological polar surface area (TPSA) is 84.9 Å². The molecule has 0 spiro atoms. The molecule has 0 atom stereocenters. The van der Waals surface area contributed by atoms with Gasteiger partial charge in [-0.15, -0.1) is 0 Å². The molecule has 4 N–H and O–H groups in total. The third kappa shape index (κ3) is 8.68. The zero-order valence-electron chi connectivity index (χ0n) is 15.3. The van der Waals surface area contributed by atoms with Crippen LogP contribution in [-0.2, 0) is 0 Å². The van der Waals surface area contributed by atoms with E-state index in [4.69, 9.17) is 25.4 Å². The number of unbranched alkanes of at least 4 members (excludes halogenated alkanes) is 2. The Kier molecular flexibility index (Phi) is 8.76. The highest BCUT2D eigenvalue weighted by atomic mass is 28.3. The Balaban J connectivity index is 2.25. The molecule has 1 aromatic carbocycles. The quantitative estimate of drug-likeness (QED) is 0.396. The van der Waals surface area contributed by atoms with E-state index in [1.807, 2.05) is 12.1 Å². The maximum absolute atomic E-state index is 9.13. The Morgan fingerprint density at radius 2 is 1.46 bits per heavy atom. The number of aliphatic hydroxyl groups excluding tert-OH is 2. The number of ether oxygens (including phenoxy) is 2. The Labute approximate surface area is 146 Å². The minimum absolute atomic E-state index is 0.0529. The molecule has 5 nitrogen and oxygen atoms in total. The third-order valence-corrected chi connectivity index (χ3v) is 5.67. The molecule has 0 heterocycles. The number of rotatable bonds is 12. The normalized spacial score (nSPS) is 12.2. The van der Waals surface area contributed by atoms with Gasteiger partial charge in [-0.25, -0.2) is 0 Å². The van der Waals surface area contributed by atoms with Gasteiger partial charge in [0.1, 0.15) is 18.1 Å². The molecule has 24 heavy (non-hydrogen) atoms. The summed E-state index contributed by atoms with van der Waals surface area (Å²) in [5, 5.41) is 18.3. The lowest BCUT2D eigenvalue weighted by atomic mass is 10.1. The van der Waals surface area contributed by atoms with E-state index >= 15 is 0 Å². The first kappa shape index (κ1) is 21.0. The first-order valence-electron chi connectivity index (χ1n) is 8.64. The Bertz CT molecular complexity index is 455. The molecule has 0 aliphatic heterocycles. The molecule has 6 heteroatoms. The Hall–Kier alpha value is -1.08. The zero-order valence-corrected chi connectivity index (χ0v) is 16.3. The summed E-state index contributed by atoms with van der Waals surface area (Å²) in [7, 11) is -0.910. The highest BCUT2D eigenvalue weighted by Gasteiger charge is 2.24. The van der Waals surface area contributed by atoms with Crippen LogP contribution in [0.3, 0.4) is 0 Å². The van der Waals surface area contributed by atoms with Gasteiger partial charge in [0.2, 0.25) is 0 Å². The minimum atomic E-state index is -1.12. The molecule has 0 saturated carbocycles. The van der Waals surface area contributed by atoms with E-state index in [2.05, 4.69) is 19.6 Å². The van der Waals surface area contributed by atoms with Gasteiger partial charge >= 0.3 is 0 Å². The summed E-state index contributed by atoms with van der Waals surface area (Å²) < 4.78 is 11.2. The molecular formula is C18H33NO4Si. The number of hydrogen-bond acceptors (Lipinski definition) is 5. The van der Waals surface area contributed by atoms with Crippen molar-refractivity contribution < 1.29 is 19.7 Å². The molecule has 0 aromatic heterocycles. The maximum atomic E-state index is 9.13. The fourth-order valence-electron chi connectivity index (χ4n) is 2.12. The number of benzene rings is 1. The van der Waals surface area contributed by atoms with Crippen LogP contribution < -0.4 is 15.2 Å². The molecule has 138 valence electrons. The summed E-state index contributed by atoms with van der Waals surface area (Å²) >= 11 is 0. The standard InChI is InChI=1S/C18H33NO4Si/c1-24(2,3)12-6-4-5-11-22-16-7-9-17(10-8-16)23-15-18(19,13-20)14-21/h7-10,20-21H,4-6,11-15,19H2,1-3H3. The maximum Gasteiger partial charge on any atom is 0.119 e. The average molecular weight is 356 g/mol. The van der Waals surface area contributed by atoms with Crippen LogP contribution in [0, 0.1) is 0 Å². The van der Waals surface area contributed by atoms with Crippen molar-refractivity contribution in [1.29, 1.82) is 0 Å². The second-order valence-electron chi connectivity index (χ2n) is 7.66. The van der Waals surface area contributed by atoms with E-state index in [0.717, 1.165) is 18.8 Å². The second-order valence-corrected chi connectivity index (χ2v) is 13.3. The van der Waals surface area contributed by atoms with Crippen molar-refractivity contribution in [2.45, 2.75) is 50.5 Å². The highest BCUT2D eigenvalue weighted by molar-refractivity contribution is 6.76. The lowest BCUT2D eigenvalue weighted by molar-refractivity contribution is 0.0785. The summed E-state index contributed by atoms with van der Waals surface area (Å²) in [6, 6.07) is 8.69. The first-order valence-corrected chi connectivity index (χ1v) is 12.3. The smallest absolute Gasteiger partial charge is 0.119 e. The number of hydrogen-bond donors (Lipinski definition) is 3. The number of aliphatic hydroxyl groups is 2. The zero-order chi connectivity index (χ0) is 18.1. The van der Waals surface area contributed by atoms with E-state index in [0.29, 0.717) is 5.75 Å². The molecule has 0 amide bonds. The Morgan fingerprint density at radius 1 is 0.917 bits per heavy atom. The van der Waals surface area contributed by atoms with Gasteiger partial charge in [-0.2, -0.15) is 0 Å². The molecule has 0 bridgehead atoms. The molecule has 0 radical (unpaired) electrons. The molecule has 0 unspecified atom stereocenters. The summed E-state index contributed by atoms with van der Waals surface area (Å²) in [4.78, 5) is 0. The van der Waals surface area contributed by atoms with Gasteiger partial charge in [-0.3, -0.25) is 0 Å². The molecule has 1 rings (SSSR count). The molecule has 0 saturated heterocycles. The molecule has 0 fully saturated rings. The van der Waals surface area contributed by atoms with Crippen molar-refractivity contribution >= 4 is 8.07 Å². The van der Waals surface area contributed by atoms with Crippen LogP contribution in [0.25, 0.3) is 0 Å². The SMILES string of the molecule is C[Si](C)(C)CCCCCOc1ccc(OCC(N)(CO)CO)cc1. The minimum Gasteiger partial charge on any atom is -0.494 e. The van der Waals surface area contributed by atoms with Gasteiger partial charge in [0.25, 0.3) is 0 Å². The lowest BCUT2D eigenvalue weighted by Gasteiger charge is -2.24. The van der Waals surface area contributed by atoms with E-state index in [-0.39, 0.29) is 19.8 Å². The average Bonchev–Trinajstić information content (AvgIpc) is 2.56. The van der Waals surface area contributed by atoms with Crippen LogP contribution in [0.1, 0.15) is 19.3 Å². The van der Waals surface area contributed by atoms with Crippen LogP contribution >= 0.6 is 0 Å². The Morgan fingerprint density at radius 3 is 1.96 bits per heavy atom. The van der Waals surface area contributed by atoms with Gasteiger partial charge < -0.3 is 25.4 Å². The van der Waals surface area contributed by atoms with Crippen molar-refractivity contribution in [3.8, 4) is 11.5 Å². The van der Waals surface area contributed by atoms with E-state index in [9.17, 15) is 0 Å². The van der Waals surface area contributed by atoms with Crippen molar-refractivity contribution in [2.24, 2.45) is 5.73 Å². The van der Waals surface area contributed by atoms with Crippen LogP contribution in [0.15, 0.2) is 24.3 Å². The molecule has 0 aliphatic carbocycles. The predicted molar refractivity (Wildman–Crippen MR) is 101 cm³/mol. The van der Waals surface area contributed by atoms with Gasteiger partial charge in [-0.05, 0) is 30.7 Å². The van der Waals surface area contributed by atoms with Crippen LogP contribution in [0.5, 0.6) is 11.5 Å². The van der Waals surface area contributed by atoms with E-state index in [1.54, 1.807) is 12.1 Å². The van der Waals surface area contributed by atoms with Crippen LogP contribution in [-0.4, -0.2) is 50.3 Å². The van der Waals surface area contributed by atoms with Crippen LogP contribution in [0.2, 0.25) is 25.7 Å². The molecule has 1 aromatic rings. The molecular weight excluding hydrogens is 322 g/mol. The third-order valence-electron chi connectivity index (χ3n) is 3.82.